The van der Waals surface area contributed by atoms with E-state index in [1.807, 2.05) is 6.07 Å². The number of hydrogen-bond acceptors (Lipinski definition) is 4. The largest absolute Gasteiger partial charge is 0.488 e. The number of hydrogen-bond donors (Lipinski definition) is 2. The molecule has 0 unspecified atom stereocenters. The molecule has 3 N–H and O–H groups in total. The van der Waals surface area contributed by atoms with Crippen LogP contribution < -0.4 is 15.8 Å². The molecule has 0 amide bonds. The van der Waals surface area contributed by atoms with Gasteiger partial charge in [0.15, 0.2) is 0 Å². The number of ether oxygens (including phenoxy) is 1. The minimum Gasteiger partial charge on any atom is -0.488 e. The van der Waals surface area contributed by atoms with Crippen LogP contribution in [0.1, 0.15) is 29.9 Å². The number of nitrogens with two attached hydrogens (primary N) is 1. The van der Waals surface area contributed by atoms with Gasteiger partial charge >= 0.3 is 0 Å². The van der Waals surface area contributed by atoms with E-state index in [1.54, 1.807) is 0 Å². The molecule has 4 nitrogen and oxygen atoms in total. The summed E-state index contributed by atoms with van der Waals surface area (Å²) in [4.78, 5) is 2.47. The Morgan fingerprint density at radius 3 is 2.38 bits per heavy atom. The van der Waals surface area contributed by atoms with Gasteiger partial charge in [0.2, 0.25) is 0 Å². The molecule has 0 radical (unpaired) electrons. The molecule has 6 heteroatoms. The molecule has 1 saturated carbocycles. The second-order valence-electron chi connectivity index (χ2n) is 9.15. The minimum atomic E-state index is 0. The first-order valence-corrected chi connectivity index (χ1v) is 11.8. The molecule has 3 aromatic rings. The Morgan fingerprint density at radius 1 is 0.941 bits per heavy atom. The van der Waals surface area contributed by atoms with Gasteiger partial charge in [-0.3, -0.25) is 0 Å². The molecule has 3 aromatic carbocycles. The first-order valence-electron chi connectivity index (χ1n) is 11.8. The predicted octanol–water partition coefficient (Wildman–Crippen LogP) is 5.25. The van der Waals surface area contributed by atoms with E-state index in [0.29, 0.717) is 24.6 Å². The van der Waals surface area contributed by atoms with E-state index in [0.717, 1.165) is 38.3 Å². The molecule has 34 heavy (non-hydrogen) atoms. The molecule has 2 fully saturated rings. The summed E-state index contributed by atoms with van der Waals surface area (Å²) >= 11 is 0. The highest BCUT2D eigenvalue weighted by atomic mass is 35.5. The molecule has 0 bridgehead atoms. The van der Waals surface area contributed by atoms with Crippen LogP contribution in [0.15, 0.2) is 78.9 Å². The van der Waals surface area contributed by atoms with Crippen molar-refractivity contribution in [1.82, 2.24) is 10.2 Å². The van der Waals surface area contributed by atoms with E-state index in [2.05, 4.69) is 83.0 Å². The van der Waals surface area contributed by atoms with E-state index in [1.165, 1.54) is 28.7 Å². The van der Waals surface area contributed by atoms with Crippen LogP contribution in [0.3, 0.4) is 0 Å². The summed E-state index contributed by atoms with van der Waals surface area (Å²) in [6.07, 6.45) is 2.34. The van der Waals surface area contributed by atoms with Crippen LogP contribution in [0, 0.1) is 0 Å². The van der Waals surface area contributed by atoms with E-state index < -0.39 is 0 Å². The van der Waals surface area contributed by atoms with Crippen LogP contribution in [-0.4, -0.2) is 43.2 Å². The lowest BCUT2D eigenvalue weighted by Crippen LogP contribution is -2.33. The molecule has 5 rings (SSSR count). The zero-order chi connectivity index (χ0) is 21.8. The summed E-state index contributed by atoms with van der Waals surface area (Å²) < 4.78 is 6.26. The van der Waals surface area contributed by atoms with Gasteiger partial charge in [-0.2, -0.15) is 0 Å². The fraction of sp³-hybridized carbons (Fsp3) is 0.357. The number of likely N-dealkylation sites (tertiary alicyclic amines) is 1. The summed E-state index contributed by atoms with van der Waals surface area (Å²) in [6.45, 7) is 4.90. The van der Waals surface area contributed by atoms with Crippen molar-refractivity contribution in [2.24, 2.45) is 5.73 Å². The summed E-state index contributed by atoms with van der Waals surface area (Å²) in [5.41, 5.74) is 11.0. The van der Waals surface area contributed by atoms with Gasteiger partial charge in [-0.1, -0.05) is 66.7 Å². The molecule has 0 spiro atoms. The van der Waals surface area contributed by atoms with Crippen LogP contribution in [-0.2, 0) is 6.61 Å². The highest BCUT2D eigenvalue weighted by molar-refractivity contribution is 5.85. The normalized spacial score (nSPS) is 21.4. The predicted molar refractivity (Wildman–Crippen MR) is 145 cm³/mol. The van der Waals surface area contributed by atoms with Crippen molar-refractivity contribution in [2.45, 2.75) is 37.5 Å². The van der Waals surface area contributed by atoms with E-state index in [-0.39, 0.29) is 24.8 Å². The van der Waals surface area contributed by atoms with Gasteiger partial charge in [-0.15, -0.1) is 24.8 Å². The Balaban J connectivity index is 0.00000162. The zero-order valence-corrected chi connectivity index (χ0v) is 21.1. The van der Waals surface area contributed by atoms with Gasteiger partial charge in [-0.25, -0.2) is 0 Å². The van der Waals surface area contributed by atoms with Crippen molar-refractivity contribution in [2.75, 3.05) is 26.2 Å². The van der Waals surface area contributed by atoms with Gasteiger partial charge in [0.05, 0.1) is 0 Å². The van der Waals surface area contributed by atoms with Crippen LogP contribution in [0.4, 0.5) is 0 Å². The smallest absolute Gasteiger partial charge is 0.127 e. The lowest BCUT2D eigenvalue weighted by molar-refractivity contribution is 0.307. The van der Waals surface area contributed by atoms with Gasteiger partial charge in [0.25, 0.3) is 0 Å². The second-order valence-corrected chi connectivity index (χ2v) is 9.15. The number of nitrogens with one attached hydrogen (secondary N) is 1. The third-order valence-electron chi connectivity index (χ3n) is 6.69. The van der Waals surface area contributed by atoms with Crippen molar-refractivity contribution in [1.29, 1.82) is 0 Å². The van der Waals surface area contributed by atoms with Crippen molar-refractivity contribution in [3.63, 3.8) is 0 Å². The maximum absolute atomic E-state index is 6.26. The lowest BCUT2D eigenvalue weighted by atomic mass is 9.99. The quantitative estimate of drug-likeness (QED) is 0.421. The molecular formula is C28H35Cl2N3O. The second kappa shape index (κ2) is 12.6. The Morgan fingerprint density at radius 2 is 1.68 bits per heavy atom. The van der Waals surface area contributed by atoms with Crippen molar-refractivity contribution >= 4 is 24.8 Å². The highest BCUT2D eigenvalue weighted by Crippen LogP contribution is 2.43. The van der Waals surface area contributed by atoms with Crippen LogP contribution in [0.2, 0.25) is 0 Å². The number of halogens is 2. The molecule has 0 aromatic heterocycles. The van der Waals surface area contributed by atoms with Gasteiger partial charge in [-0.05, 0) is 48.2 Å². The van der Waals surface area contributed by atoms with Crippen molar-refractivity contribution in [3.05, 3.63) is 90.0 Å². The molecule has 1 aliphatic heterocycles. The van der Waals surface area contributed by atoms with Gasteiger partial charge in [0.1, 0.15) is 12.4 Å². The Hall–Kier alpha value is -2.08. The topological polar surface area (TPSA) is 50.5 Å². The van der Waals surface area contributed by atoms with Gasteiger partial charge < -0.3 is 20.7 Å². The molecule has 1 heterocycles. The number of benzene rings is 3. The van der Waals surface area contributed by atoms with Crippen molar-refractivity contribution < 1.29 is 4.74 Å². The van der Waals surface area contributed by atoms with Crippen LogP contribution in [0.5, 0.6) is 5.75 Å². The third-order valence-corrected chi connectivity index (χ3v) is 6.69. The molecule has 2 aliphatic rings. The van der Waals surface area contributed by atoms with Gasteiger partial charge in [0, 0.05) is 43.2 Å². The molecule has 1 saturated heterocycles. The Labute approximate surface area is 215 Å². The first kappa shape index (κ1) is 26.5. The highest BCUT2D eigenvalue weighted by Gasteiger charge is 2.38. The third kappa shape index (κ3) is 6.74. The molecule has 3 atom stereocenters. The maximum atomic E-state index is 6.26. The number of rotatable bonds is 9. The summed E-state index contributed by atoms with van der Waals surface area (Å²) in [5, 5.41) is 3.75. The van der Waals surface area contributed by atoms with Crippen molar-refractivity contribution in [3.8, 4) is 16.9 Å². The summed E-state index contributed by atoms with van der Waals surface area (Å²) in [7, 11) is 0. The fourth-order valence-corrected chi connectivity index (χ4v) is 4.75. The van der Waals surface area contributed by atoms with Crippen LogP contribution in [0.25, 0.3) is 11.1 Å². The Kier molecular flexibility index (Phi) is 9.81. The summed E-state index contributed by atoms with van der Waals surface area (Å²) in [5.74, 6) is 1.53. The minimum absolute atomic E-state index is 0. The molecule has 182 valence electrons. The maximum Gasteiger partial charge on any atom is 0.127 e. The average Bonchev–Trinajstić information content (AvgIpc) is 3.50. The average molecular weight is 501 g/mol. The SMILES string of the molecule is Cl.Cl.N[C@@H]1CCN(CCN[C@@H]2C[C@H]2c2ccc(OCc3ccccc3)c(-c3ccccc3)c2)C1. The summed E-state index contributed by atoms with van der Waals surface area (Å²) in [6, 6.07) is 28.6. The van der Waals surface area contributed by atoms with E-state index in [9.17, 15) is 0 Å². The fourth-order valence-electron chi connectivity index (χ4n) is 4.75. The zero-order valence-electron chi connectivity index (χ0n) is 19.4. The molecular weight excluding hydrogens is 465 g/mol. The van der Waals surface area contributed by atoms with E-state index in [4.69, 9.17) is 10.5 Å². The molecule has 1 aliphatic carbocycles. The Bertz CT molecular complexity index is 1020. The standard InChI is InChI=1S/C28H33N3O.2ClH/c29-24-13-15-31(19-24)16-14-30-27-18-25(27)23-11-12-28(32-20-21-7-3-1-4-8-21)26(17-23)22-9-5-2-6-10-22;;/h1-12,17,24-25,27,30H,13-16,18-20,29H2;2*1H/t24-,25+,27-;;/m1../s1. The number of nitrogens with zero attached hydrogens (tertiary/aromatic N) is 1. The van der Waals surface area contributed by atoms with E-state index >= 15 is 0 Å². The van der Waals surface area contributed by atoms with Crippen LogP contribution >= 0.6 is 24.8 Å². The first-order chi connectivity index (χ1) is 15.8. The monoisotopic (exact) mass is 499 g/mol. The lowest BCUT2D eigenvalue weighted by Gasteiger charge is -2.16.